The van der Waals surface area contributed by atoms with E-state index in [2.05, 4.69) is 16.8 Å². The molecular weight excluding hydrogens is 394 g/mol. The van der Waals surface area contributed by atoms with E-state index in [0.717, 1.165) is 0 Å². The fourth-order valence-corrected chi connectivity index (χ4v) is 3.30. The van der Waals surface area contributed by atoms with E-state index >= 15 is 0 Å². The maximum Gasteiger partial charge on any atom is 0.166 e. The standard InChI is InChI=1S/C19H17Cl2FN2O3/c1-11(16-13(20)2-3-14(22)17(16)21)27-15-8-12(9-24-18(15)23)4-5-19(25)6-7-26-10-19/h2-3,8-9,11,25H,6-7,10H2,1H3,(H2,23,24)/t11-,19?/m1/s1. The van der Waals surface area contributed by atoms with E-state index in [1.165, 1.54) is 18.3 Å². The number of benzene rings is 1. The van der Waals surface area contributed by atoms with Crippen molar-refractivity contribution >= 4 is 29.0 Å². The first kappa shape index (κ1) is 19.7. The number of nitrogens with two attached hydrogens (primary N) is 1. The van der Waals surface area contributed by atoms with Crippen LogP contribution in [0.5, 0.6) is 5.75 Å². The number of anilines is 1. The minimum Gasteiger partial charge on any atom is -0.482 e. The summed E-state index contributed by atoms with van der Waals surface area (Å²) in [4.78, 5) is 4.05. The molecule has 2 atom stereocenters. The highest BCUT2D eigenvalue weighted by Gasteiger charge is 2.29. The highest BCUT2D eigenvalue weighted by molar-refractivity contribution is 6.36. The molecule has 1 aromatic carbocycles. The van der Waals surface area contributed by atoms with Crippen LogP contribution in [0.2, 0.25) is 10.0 Å². The molecule has 1 aromatic heterocycles. The molecule has 27 heavy (non-hydrogen) atoms. The van der Waals surface area contributed by atoms with Crippen LogP contribution in [0.15, 0.2) is 24.4 Å². The molecule has 1 aliphatic rings. The number of aliphatic hydroxyl groups is 1. The largest absolute Gasteiger partial charge is 0.482 e. The van der Waals surface area contributed by atoms with Crippen LogP contribution in [0.1, 0.15) is 30.6 Å². The lowest BCUT2D eigenvalue weighted by Crippen LogP contribution is -2.26. The van der Waals surface area contributed by atoms with Gasteiger partial charge in [0.05, 0.1) is 18.2 Å². The predicted octanol–water partition coefficient (Wildman–Crippen LogP) is 3.75. The highest BCUT2D eigenvalue weighted by atomic mass is 35.5. The number of pyridine rings is 1. The summed E-state index contributed by atoms with van der Waals surface area (Å²) in [6.07, 6.45) is 1.24. The number of ether oxygens (including phenoxy) is 2. The maximum absolute atomic E-state index is 13.8. The van der Waals surface area contributed by atoms with Crippen LogP contribution in [0.3, 0.4) is 0 Å². The van der Waals surface area contributed by atoms with Crippen LogP contribution in [0, 0.1) is 17.7 Å². The van der Waals surface area contributed by atoms with Gasteiger partial charge in [0.2, 0.25) is 0 Å². The lowest BCUT2D eigenvalue weighted by atomic mass is 10.0. The average molecular weight is 411 g/mol. The van der Waals surface area contributed by atoms with E-state index in [4.69, 9.17) is 38.4 Å². The molecule has 1 fully saturated rings. The Hall–Kier alpha value is -2.04. The number of hydrogen-bond donors (Lipinski definition) is 2. The van der Waals surface area contributed by atoms with Gasteiger partial charge in [0.1, 0.15) is 11.9 Å². The Kier molecular flexibility index (Phi) is 5.78. The van der Waals surface area contributed by atoms with E-state index in [-0.39, 0.29) is 28.2 Å². The molecule has 142 valence electrons. The normalized spacial score (nSPS) is 20.0. The molecule has 0 aliphatic carbocycles. The summed E-state index contributed by atoms with van der Waals surface area (Å²) >= 11 is 12.2. The van der Waals surface area contributed by atoms with Crippen molar-refractivity contribution in [2.24, 2.45) is 0 Å². The lowest BCUT2D eigenvalue weighted by molar-refractivity contribution is 0.0765. The summed E-state index contributed by atoms with van der Waals surface area (Å²) in [5, 5.41) is 10.4. The monoisotopic (exact) mass is 410 g/mol. The topological polar surface area (TPSA) is 77.6 Å². The third-order valence-corrected chi connectivity index (χ3v) is 4.83. The Labute approximate surface area is 166 Å². The van der Waals surface area contributed by atoms with Crippen molar-refractivity contribution in [2.75, 3.05) is 18.9 Å². The van der Waals surface area contributed by atoms with Gasteiger partial charge in [0.15, 0.2) is 17.2 Å². The molecule has 0 radical (unpaired) electrons. The SMILES string of the molecule is C[C@@H](Oc1cc(C#CC2(O)CCOC2)cnc1N)c1c(Cl)ccc(F)c1Cl. The zero-order valence-corrected chi connectivity index (χ0v) is 15.9. The molecule has 0 amide bonds. The van der Waals surface area contributed by atoms with Crippen LogP contribution in [-0.4, -0.2) is 28.9 Å². The maximum atomic E-state index is 13.8. The number of halogens is 3. The van der Waals surface area contributed by atoms with E-state index < -0.39 is 17.5 Å². The van der Waals surface area contributed by atoms with Crippen LogP contribution in [0.4, 0.5) is 10.2 Å². The minimum absolute atomic E-state index is 0.110. The van der Waals surface area contributed by atoms with E-state index in [1.54, 1.807) is 13.0 Å². The van der Waals surface area contributed by atoms with Gasteiger partial charge in [0.25, 0.3) is 0 Å². The molecule has 3 N–H and O–H groups in total. The molecule has 1 unspecified atom stereocenters. The predicted molar refractivity (Wildman–Crippen MR) is 101 cm³/mol. The summed E-state index contributed by atoms with van der Waals surface area (Å²) in [7, 11) is 0. The Balaban J connectivity index is 1.85. The zero-order chi connectivity index (χ0) is 19.6. The van der Waals surface area contributed by atoms with E-state index in [9.17, 15) is 9.50 Å². The van der Waals surface area contributed by atoms with Crippen molar-refractivity contribution < 1.29 is 19.0 Å². The zero-order valence-electron chi connectivity index (χ0n) is 14.4. The average Bonchev–Trinajstić information content (AvgIpc) is 3.06. The molecule has 3 rings (SSSR count). The number of nitrogens with zero attached hydrogens (tertiary/aromatic N) is 1. The molecule has 2 heterocycles. The molecule has 2 aromatic rings. The van der Waals surface area contributed by atoms with Gasteiger partial charge in [-0.05, 0) is 19.1 Å². The van der Waals surface area contributed by atoms with Crippen LogP contribution in [0.25, 0.3) is 0 Å². The van der Waals surface area contributed by atoms with Gasteiger partial charge in [-0.15, -0.1) is 0 Å². The summed E-state index contributed by atoms with van der Waals surface area (Å²) in [6.45, 7) is 2.30. The molecular formula is C19H17Cl2FN2O3. The molecule has 1 saturated heterocycles. The molecule has 5 nitrogen and oxygen atoms in total. The quantitative estimate of drug-likeness (QED) is 0.594. The van der Waals surface area contributed by atoms with Crippen molar-refractivity contribution in [1.82, 2.24) is 4.98 Å². The van der Waals surface area contributed by atoms with E-state index in [1.807, 2.05) is 0 Å². The Morgan fingerprint density at radius 2 is 2.22 bits per heavy atom. The van der Waals surface area contributed by atoms with Gasteiger partial charge >= 0.3 is 0 Å². The van der Waals surface area contributed by atoms with Gasteiger partial charge in [-0.1, -0.05) is 35.0 Å². The smallest absolute Gasteiger partial charge is 0.166 e. The Bertz CT molecular complexity index is 921. The second-order valence-electron chi connectivity index (χ2n) is 6.21. The van der Waals surface area contributed by atoms with Crippen molar-refractivity contribution in [3.8, 4) is 17.6 Å². The van der Waals surface area contributed by atoms with Gasteiger partial charge in [-0.3, -0.25) is 0 Å². The molecule has 0 saturated carbocycles. The summed E-state index contributed by atoms with van der Waals surface area (Å²) in [5.41, 5.74) is 5.52. The highest BCUT2D eigenvalue weighted by Crippen LogP contribution is 2.36. The molecule has 0 spiro atoms. The van der Waals surface area contributed by atoms with Gasteiger partial charge in [0, 0.05) is 34.8 Å². The second kappa shape index (κ2) is 7.91. The van der Waals surface area contributed by atoms with Crippen LogP contribution < -0.4 is 10.5 Å². The fourth-order valence-electron chi connectivity index (χ4n) is 2.62. The first-order valence-electron chi connectivity index (χ1n) is 8.18. The van der Waals surface area contributed by atoms with Crippen molar-refractivity contribution in [3.63, 3.8) is 0 Å². The summed E-state index contributed by atoms with van der Waals surface area (Å²) in [5.74, 6) is 5.43. The van der Waals surface area contributed by atoms with Gasteiger partial charge < -0.3 is 20.3 Å². The second-order valence-corrected chi connectivity index (χ2v) is 6.99. The third-order valence-electron chi connectivity index (χ3n) is 4.11. The van der Waals surface area contributed by atoms with Crippen LogP contribution >= 0.6 is 23.2 Å². The third kappa shape index (κ3) is 4.45. The molecule has 1 aliphatic heterocycles. The van der Waals surface area contributed by atoms with E-state index in [0.29, 0.717) is 24.2 Å². The lowest BCUT2D eigenvalue weighted by Gasteiger charge is -2.19. The van der Waals surface area contributed by atoms with Gasteiger partial charge in [-0.25, -0.2) is 9.37 Å². The Morgan fingerprint density at radius 1 is 1.44 bits per heavy atom. The first-order valence-corrected chi connectivity index (χ1v) is 8.93. The number of hydrogen-bond acceptors (Lipinski definition) is 5. The Morgan fingerprint density at radius 3 is 2.93 bits per heavy atom. The summed E-state index contributed by atoms with van der Waals surface area (Å²) in [6, 6.07) is 4.18. The van der Waals surface area contributed by atoms with Crippen LogP contribution in [-0.2, 0) is 4.74 Å². The van der Waals surface area contributed by atoms with Gasteiger partial charge in [-0.2, -0.15) is 0 Å². The van der Waals surface area contributed by atoms with Crippen molar-refractivity contribution in [2.45, 2.75) is 25.0 Å². The number of aromatic nitrogens is 1. The molecule has 8 heteroatoms. The van der Waals surface area contributed by atoms with Crippen molar-refractivity contribution in [3.05, 3.63) is 51.4 Å². The summed E-state index contributed by atoms with van der Waals surface area (Å²) < 4.78 is 24.7. The van der Waals surface area contributed by atoms with Crippen molar-refractivity contribution in [1.29, 1.82) is 0 Å². The first-order chi connectivity index (χ1) is 12.8. The number of rotatable bonds is 3. The minimum atomic E-state index is -1.17. The fraction of sp³-hybridized carbons (Fsp3) is 0.316. The number of nitrogen functional groups attached to an aromatic ring is 1. The molecule has 0 bridgehead atoms.